The number of nitrogens with zero attached hydrogens (tertiary/aromatic N) is 1. The molecule has 2 aromatic rings. The van der Waals surface area contributed by atoms with Gasteiger partial charge in [-0.05, 0) is 42.7 Å². The van der Waals surface area contributed by atoms with Crippen molar-refractivity contribution in [1.29, 1.82) is 0 Å². The lowest BCUT2D eigenvalue weighted by Crippen LogP contribution is -2.23. The van der Waals surface area contributed by atoms with Crippen molar-refractivity contribution < 1.29 is 14.3 Å². The monoisotopic (exact) mass is 352 g/mol. The van der Waals surface area contributed by atoms with E-state index in [4.69, 9.17) is 4.74 Å². The zero-order chi connectivity index (χ0) is 18.2. The standard InChI is InChI=1S/C21H24N2O3/c24-20(11-6-14-26-19-9-2-1-3-10-19)22-18-8-4-7-17(15-18)16-23-13-5-12-21(23)25/h1-4,7-10,15H,5-6,11-14,16H2,(H,22,24). The van der Waals surface area contributed by atoms with Crippen LogP contribution >= 0.6 is 0 Å². The molecule has 0 spiro atoms. The Balaban J connectivity index is 1.42. The molecule has 1 aliphatic rings. The van der Waals surface area contributed by atoms with E-state index in [-0.39, 0.29) is 11.8 Å². The van der Waals surface area contributed by atoms with Gasteiger partial charge in [0.1, 0.15) is 5.75 Å². The molecule has 2 amide bonds. The van der Waals surface area contributed by atoms with Gasteiger partial charge in [-0.25, -0.2) is 0 Å². The van der Waals surface area contributed by atoms with Crippen molar-refractivity contribution >= 4 is 17.5 Å². The lowest BCUT2D eigenvalue weighted by molar-refractivity contribution is -0.128. The van der Waals surface area contributed by atoms with E-state index in [1.54, 1.807) is 0 Å². The summed E-state index contributed by atoms with van der Waals surface area (Å²) in [4.78, 5) is 25.7. The molecule has 3 rings (SSSR count). The second-order valence-electron chi connectivity index (χ2n) is 6.43. The highest BCUT2D eigenvalue weighted by Gasteiger charge is 2.19. The first-order chi connectivity index (χ1) is 12.7. The topological polar surface area (TPSA) is 58.6 Å². The number of likely N-dealkylation sites (tertiary alicyclic amines) is 1. The molecule has 136 valence electrons. The largest absolute Gasteiger partial charge is 0.494 e. The van der Waals surface area contributed by atoms with Crippen LogP contribution in [0.2, 0.25) is 0 Å². The van der Waals surface area contributed by atoms with Crippen molar-refractivity contribution in [2.75, 3.05) is 18.5 Å². The number of ether oxygens (including phenoxy) is 1. The predicted octanol–water partition coefficient (Wildman–Crippen LogP) is 3.61. The molecule has 1 heterocycles. The maximum absolute atomic E-state index is 12.1. The number of anilines is 1. The van der Waals surface area contributed by atoms with Crippen molar-refractivity contribution in [2.45, 2.75) is 32.2 Å². The molecule has 5 nitrogen and oxygen atoms in total. The number of benzene rings is 2. The van der Waals surface area contributed by atoms with Gasteiger partial charge >= 0.3 is 0 Å². The number of carbonyl (C=O) groups is 2. The van der Waals surface area contributed by atoms with Crippen LogP contribution in [0.1, 0.15) is 31.2 Å². The maximum Gasteiger partial charge on any atom is 0.224 e. The number of hydrogen-bond donors (Lipinski definition) is 1. The first-order valence-corrected chi connectivity index (χ1v) is 9.05. The fourth-order valence-electron chi connectivity index (χ4n) is 3.00. The van der Waals surface area contributed by atoms with Gasteiger partial charge in [0.25, 0.3) is 0 Å². The van der Waals surface area contributed by atoms with Gasteiger partial charge in [0.2, 0.25) is 11.8 Å². The second-order valence-corrected chi connectivity index (χ2v) is 6.43. The Labute approximate surface area is 154 Å². The molecule has 26 heavy (non-hydrogen) atoms. The summed E-state index contributed by atoms with van der Waals surface area (Å²) in [6.07, 6.45) is 2.63. The summed E-state index contributed by atoms with van der Waals surface area (Å²) in [6.45, 7) is 1.93. The van der Waals surface area contributed by atoms with Crippen LogP contribution in [0.5, 0.6) is 5.75 Å². The van der Waals surface area contributed by atoms with Gasteiger partial charge in [0.15, 0.2) is 0 Å². The minimum absolute atomic E-state index is 0.0314. The first-order valence-electron chi connectivity index (χ1n) is 9.05. The molecule has 0 bridgehead atoms. The number of hydrogen-bond acceptors (Lipinski definition) is 3. The van der Waals surface area contributed by atoms with Crippen LogP contribution < -0.4 is 10.1 Å². The smallest absolute Gasteiger partial charge is 0.224 e. The molecule has 5 heteroatoms. The molecule has 0 radical (unpaired) electrons. The van der Waals surface area contributed by atoms with Crippen LogP contribution in [0.25, 0.3) is 0 Å². The van der Waals surface area contributed by atoms with Gasteiger partial charge in [-0.3, -0.25) is 9.59 Å². The molecular formula is C21H24N2O3. The molecule has 0 saturated carbocycles. The zero-order valence-corrected chi connectivity index (χ0v) is 14.8. The predicted molar refractivity (Wildman–Crippen MR) is 101 cm³/mol. The molecule has 1 fully saturated rings. The van der Waals surface area contributed by atoms with E-state index in [1.807, 2.05) is 59.5 Å². The molecular weight excluding hydrogens is 328 g/mol. The molecule has 1 saturated heterocycles. The van der Waals surface area contributed by atoms with Gasteiger partial charge < -0.3 is 15.0 Å². The summed E-state index contributed by atoms with van der Waals surface area (Å²) in [5, 5.41) is 2.92. The third-order valence-electron chi connectivity index (χ3n) is 4.32. The Hall–Kier alpha value is -2.82. The SMILES string of the molecule is O=C(CCCOc1ccccc1)Nc1cccc(CN2CCCC2=O)c1. The maximum atomic E-state index is 12.1. The van der Waals surface area contributed by atoms with Gasteiger partial charge in [0, 0.05) is 31.6 Å². The number of carbonyl (C=O) groups excluding carboxylic acids is 2. The van der Waals surface area contributed by atoms with Crippen LogP contribution in [0.4, 0.5) is 5.69 Å². The van der Waals surface area contributed by atoms with E-state index in [9.17, 15) is 9.59 Å². The van der Waals surface area contributed by atoms with E-state index in [1.165, 1.54) is 0 Å². The van der Waals surface area contributed by atoms with E-state index >= 15 is 0 Å². The highest BCUT2D eigenvalue weighted by Crippen LogP contribution is 2.17. The van der Waals surface area contributed by atoms with Crippen LogP contribution in [-0.2, 0) is 16.1 Å². The van der Waals surface area contributed by atoms with Crippen LogP contribution in [-0.4, -0.2) is 29.9 Å². The summed E-state index contributed by atoms with van der Waals surface area (Å²) in [6, 6.07) is 17.3. The Morgan fingerprint density at radius 3 is 2.73 bits per heavy atom. The number of amides is 2. The summed E-state index contributed by atoms with van der Waals surface area (Å²) in [5.41, 5.74) is 1.80. The quantitative estimate of drug-likeness (QED) is 0.739. The van der Waals surface area contributed by atoms with Gasteiger partial charge in [0.05, 0.1) is 6.61 Å². The van der Waals surface area contributed by atoms with Crippen molar-refractivity contribution in [2.24, 2.45) is 0 Å². The lowest BCUT2D eigenvalue weighted by Gasteiger charge is -2.16. The Morgan fingerprint density at radius 1 is 1.12 bits per heavy atom. The normalized spacial score (nSPS) is 13.7. The van der Waals surface area contributed by atoms with Crippen LogP contribution in [0, 0.1) is 0 Å². The molecule has 0 aliphatic carbocycles. The summed E-state index contributed by atoms with van der Waals surface area (Å²) >= 11 is 0. The van der Waals surface area contributed by atoms with Crippen LogP contribution in [0.3, 0.4) is 0 Å². The average molecular weight is 352 g/mol. The lowest BCUT2D eigenvalue weighted by atomic mass is 10.2. The van der Waals surface area contributed by atoms with E-state index in [0.717, 1.165) is 30.0 Å². The third-order valence-corrected chi connectivity index (χ3v) is 4.32. The molecule has 0 atom stereocenters. The van der Waals surface area contributed by atoms with Gasteiger partial charge in [-0.15, -0.1) is 0 Å². The Morgan fingerprint density at radius 2 is 1.96 bits per heavy atom. The molecule has 2 aromatic carbocycles. The third kappa shape index (κ3) is 5.34. The van der Waals surface area contributed by atoms with Crippen molar-refractivity contribution in [3.8, 4) is 5.75 Å². The van der Waals surface area contributed by atoms with Crippen LogP contribution in [0.15, 0.2) is 54.6 Å². The Kier molecular flexibility index (Phi) is 6.25. The van der Waals surface area contributed by atoms with E-state index in [0.29, 0.717) is 32.4 Å². The Bertz CT molecular complexity index is 746. The summed E-state index contributed by atoms with van der Waals surface area (Å²) in [7, 11) is 0. The highest BCUT2D eigenvalue weighted by atomic mass is 16.5. The molecule has 0 unspecified atom stereocenters. The van der Waals surface area contributed by atoms with Crippen molar-refractivity contribution in [1.82, 2.24) is 4.90 Å². The summed E-state index contributed by atoms with van der Waals surface area (Å²) < 4.78 is 5.59. The second kappa shape index (κ2) is 9.04. The van der Waals surface area contributed by atoms with Crippen molar-refractivity contribution in [3.05, 3.63) is 60.2 Å². The minimum Gasteiger partial charge on any atom is -0.494 e. The fourth-order valence-corrected chi connectivity index (χ4v) is 3.00. The number of para-hydroxylation sites is 1. The fraction of sp³-hybridized carbons (Fsp3) is 0.333. The zero-order valence-electron chi connectivity index (χ0n) is 14.8. The molecule has 1 N–H and O–H groups in total. The van der Waals surface area contributed by atoms with Gasteiger partial charge in [-0.1, -0.05) is 30.3 Å². The van der Waals surface area contributed by atoms with E-state index in [2.05, 4.69) is 5.32 Å². The number of nitrogens with one attached hydrogen (secondary N) is 1. The highest BCUT2D eigenvalue weighted by molar-refractivity contribution is 5.90. The summed E-state index contributed by atoms with van der Waals surface area (Å²) in [5.74, 6) is 0.992. The molecule has 0 aromatic heterocycles. The van der Waals surface area contributed by atoms with Crippen molar-refractivity contribution in [3.63, 3.8) is 0 Å². The molecule has 1 aliphatic heterocycles. The number of rotatable bonds is 8. The minimum atomic E-state index is -0.0314. The van der Waals surface area contributed by atoms with E-state index < -0.39 is 0 Å². The van der Waals surface area contributed by atoms with Gasteiger partial charge in [-0.2, -0.15) is 0 Å². The first kappa shape index (κ1) is 18.0. The average Bonchev–Trinajstić information content (AvgIpc) is 3.05.